The van der Waals surface area contributed by atoms with E-state index in [1.165, 1.54) is 37.8 Å². The number of fused-ring (bicyclic) bond motifs is 1. The maximum absolute atomic E-state index is 15.5. The lowest BCUT2D eigenvalue weighted by molar-refractivity contribution is -0.137. The fourth-order valence-electron chi connectivity index (χ4n) is 4.28. The standard InChI is InChI=1S/C30H29F6N5O5S/c1-15(47)41(29(5,6)26(42)38-17-8-7-16(14-37)20(11-17)30(34,35)36)18-12-19-22(21(31)13-18)39-24(23(32)33)40-25(19)44-9-10-45-27(43)46-28(2,3)4/h7-8,11-13,23H,9-10H2,1-6H3,(H,38,42). The van der Waals surface area contributed by atoms with Crippen molar-refractivity contribution in [3.8, 4) is 11.9 Å². The molecule has 0 unspecified atom stereocenters. The zero-order valence-corrected chi connectivity index (χ0v) is 26.7. The van der Waals surface area contributed by atoms with Crippen molar-refractivity contribution in [2.75, 3.05) is 23.4 Å². The van der Waals surface area contributed by atoms with Crippen LogP contribution in [0.4, 0.5) is 42.5 Å². The van der Waals surface area contributed by atoms with E-state index in [4.69, 9.17) is 31.7 Å². The van der Waals surface area contributed by atoms with Crippen LogP contribution in [-0.4, -0.2) is 51.4 Å². The number of aromatic nitrogens is 2. The summed E-state index contributed by atoms with van der Waals surface area (Å²) in [5, 5.41) is 11.2. The fourth-order valence-corrected chi connectivity index (χ4v) is 4.62. The normalized spacial score (nSPS) is 12.0. The van der Waals surface area contributed by atoms with Gasteiger partial charge in [-0.05, 0) is 71.9 Å². The summed E-state index contributed by atoms with van der Waals surface area (Å²) in [6.07, 6.45) is -9.10. The highest BCUT2D eigenvalue weighted by molar-refractivity contribution is 7.80. The van der Waals surface area contributed by atoms with Gasteiger partial charge in [0.15, 0.2) is 11.6 Å². The summed E-state index contributed by atoms with van der Waals surface area (Å²) in [7, 11) is 0. The van der Waals surface area contributed by atoms with Crippen molar-refractivity contribution in [3.05, 3.63) is 53.1 Å². The van der Waals surface area contributed by atoms with Crippen molar-refractivity contribution in [2.24, 2.45) is 0 Å². The molecule has 1 aromatic heterocycles. The molecule has 17 heteroatoms. The largest absolute Gasteiger partial charge is 0.508 e. The second-order valence-electron chi connectivity index (χ2n) is 11.4. The molecule has 47 heavy (non-hydrogen) atoms. The van der Waals surface area contributed by atoms with Crippen molar-refractivity contribution >= 4 is 51.5 Å². The lowest BCUT2D eigenvalue weighted by atomic mass is 9.99. The number of hydrogen-bond donors (Lipinski definition) is 1. The van der Waals surface area contributed by atoms with Gasteiger partial charge < -0.3 is 24.4 Å². The zero-order chi connectivity index (χ0) is 35.5. The van der Waals surface area contributed by atoms with Crippen LogP contribution in [0.25, 0.3) is 10.9 Å². The lowest BCUT2D eigenvalue weighted by Crippen LogP contribution is -2.54. The Bertz CT molecular complexity index is 1740. The van der Waals surface area contributed by atoms with Gasteiger partial charge in [0.25, 0.3) is 6.43 Å². The molecule has 0 bridgehead atoms. The second kappa shape index (κ2) is 14.0. The van der Waals surface area contributed by atoms with E-state index in [1.807, 2.05) is 0 Å². The van der Waals surface area contributed by atoms with Crippen LogP contribution >= 0.6 is 12.2 Å². The summed E-state index contributed by atoms with van der Waals surface area (Å²) in [6, 6.07) is 6.17. The van der Waals surface area contributed by atoms with Gasteiger partial charge in [0.05, 0.1) is 27.6 Å². The first-order valence-electron chi connectivity index (χ1n) is 13.7. The Kier molecular flexibility index (Phi) is 10.9. The topological polar surface area (TPSA) is 127 Å². The van der Waals surface area contributed by atoms with E-state index >= 15 is 4.39 Å². The van der Waals surface area contributed by atoms with Gasteiger partial charge in [-0.3, -0.25) is 4.79 Å². The summed E-state index contributed by atoms with van der Waals surface area (Å²) < 4.78 is 98.6. The van der Waals surface area contributed by atoms with Crippen LogP contribution < -0.4 is 15.0 Å². The van der Waals surface area contributed by atoms with E-state index in [0.717, 1.165) is 18.2 Å². The molecule has 0 radical (unpaired) electrons. The number of nitrogens with one attached hydrogen (secondary N) is 1. The summed E-state index contributed by atoms with van der Waals surface area (Å²) >= 11 is 5.35. The van der Waals surface area contributed by atoms with Gasteiger partial charge in [0, 0.05) is 11.4 Å². The Balaban J connectivity index is 2.00. The molecule has 3 rings (SSSR count). The zero-order valence-electron chi connectivity index (χ0n) is 25.9. The van der Waals surface area contributed by atoms with Crippen LogP contribution in [0.3, 0.4) is 0 Å². The Morgan fingerprint density at radius 1 is 1.06 bits per heavy atom. The van der Waals surface area contributed by atoms with Crippen LogP contribution in [0.15, 0.2) is 30.3 Å². The Morgan fingerprint density at radius 3 is 2.28 bits per heavy atom. The number of nitriles is 1. The molecule has 0 atom stereocenters. The number of ether oxygens (including phenoxy) is 3. The van der Waals surface area contributed by atoms with Gasteiger partial charge in [0.1, 0.15) is 29.9 Å². The SMILES string of the molecule is CC(=S)N(c1cc(F)c2nc(C(F)F)nc(OCCOC(=O)OC(C)(C)C)c2c1)C(C)(C)C(=O)Nc1ccc(C#N)c(C(F)(F)F)c1. The highest BCUT2D eigenvalue weighted by Crippen LogP contribution is 2.36. The number of thiocarbonyl (C=S) groups is 1. The Hall–Kier alpha value is -4.72. The third-order valence-corrected chi connectivity index (χ3v) is 6.42. The van der Waals surface area contributed by atoms with Gasteiger partial charge in [-0.15, -0.1) is 0 Å². The molecule has 0 saturated heterocycles. The fraction of sp³-hybridized carbons (Fsp3) is 0.400. The van der Waals surface area contributed by atoms with E-state index in [-0.39, 0.29) is 21.7 Å². The van der Waals surface area contributed by atoms with Crippen molar-refractivity contribution in [1.82, 2.24) is 9.97 Å². The predicted octanol–water partition coefficient (Wildman–Crippen LogP) is 7.50. The number of rotatable bonds is 9. The first-order chi connectivity index (χ1) is 21.6. The lowest BCUT2D eigenvalue weighted by Gasteiger charge is -2.38. The average molecular weight is 686 g/mol. The molecule has 0 fully saturated rings. The summed E-state index contributed by atoms with van der Waals surface area (Å²) in [5.74, 6) is -3.54. The highest BCUT2D eigenvalue weighted by Gasteiger charge is 2.38. The maximum atomic E-state index is 15.5. The molecule has 3 aromatic rings. The molecular formula is C30H29F6N5O5S. The number of halogens is 6. The number of carbonyl (C=O) groups is 2. The number of hydrogen-bond acceptors (Lipinski definition) is 9. The van der Waals surface area contributed by atoms with E-state index in [2.05, 4.69) is 15.3 Å². The van der Waals surface area contributed by atoms with Gasteiger partial charge in [-0.1, -0.05) is 12.2 Å². The number of anilines is 2. The Morgan fingerprint density at radius 2 is 1.72 bits per heavy atom. The van der Waals surface area contributed by atoms with Gasteiger partial charge in [0.2, 0.25) is 11.8 Å². The van der Waals surface area contributed by atoms with E-state index in [0.29, 0.717) is 6.07 Å². The average Bonchev–Trinajstić information content (AvgIpc) is 2.93. The quantitative estimate of drug-likeness (QED) is 0.105. The number of alkyl halides is 5. The monoisotopic (exact) mass is 685 g/mol. The molecule has 0 spiro atoms. The van der Waals surface area contributed by atoms with E-state index in [1.54, 1.807) is 20.8 Å². The maximum Gasteiger partial charge on any atom is 0.508 e. The molecule has 1 N–H and O–H groups in total. The molecule has 1 heterocycles. The van der Waals surface area contributed by atoms with Crippen LogP contribution in [0, 0.1) is 17.1 Å². The summed E-state index contributed by atoms with van der Waals surface area (Å²) in [5.41, 5.74) is -5.37. The minimum Gasteiger partial charge on any atom is -0.474 e. The van der Waals surface area contributed by atoms with Crippen molar-refractivity contribution in [2.45, 2.75) is 65.3 Å². The summed E-state index contributed by atoms with van der Waals surface area (Å²) in [6.45, 7) is 8.16. The van der Waals surface area contributed by atoms with Crippen LogP contribution in [0.1, 0.15) is 64.9 Å². The molecule has 0 aliphatic rings. The molecule has 0 aliphatic heterocycles. The third-order valence-electron chi connectivity index (χ3n) is 6.24. The number of nitrogens with zero attached hydrogens (tertiary/aromatic N) is 4. The molecular weight excluding hydrogens is 656 g/mol. The first-order valence-corrected chi connectivity index (χ1v) is 14.1. The predicted molar refractivity (Wildman–Crippen MR) is 162 cm³/mol. The molecule has 0 aliphatic carbocycles. The van der Waals surface area contributed by atoms with Crippen molar-refractivity contribution in [1.29, 1.82) is 5.26 Å². The molecule has 2 aromatic carbocycles. The van der Waals surface area contributed by atoms with Crippen LogP contribution in [0.5, 0.6) is 5.88 Å². The van der Waals surface area contributed by atoms with Gasteiger partial charge >= 0.3 is 12.3 Å². The molecule has 1 amide bonds. The minimum absolute atomic E-state index is 0.0121. The third kappa shape index (κ3) is 8.97. The molecule has 0 saturated carbocycles. The number of carbonyl (C=O) groups excluding carboxylic acids is 2. The molecule has 252 valence electrons. The minimum atomic E-state index is -4.88. The van der Waals surface area contributed by atoms with Crippen LogP contribution in [-0.2, 0) is 20.4 Å². The van der Waals surface area contributed by atoms with E-state index < -0.39 is 83.2 Å². The molecule has 10 nitrogen and oxygen atoms in total. The second-order valence-corrected chi connectivity index (χ2v) is 12.0. The summed E-state index contributed by atoms with van der Waals surface area (Å²) in [4.78, 5) is 33.8. The van der Waals surface area contributed by atoms with Crippen LogP contribution in [0.2, 0.25) is 0 Å². The van der Waals surface area contributed by atoms with Gasteiger partial charge in [-0.25, -0.2) is 22.9 Å². The van der Waals surface area contributed by atoms with Gasteiger partial charge in [-0.2, -0.15) is 23.4 Å². The smallest absolute Gasteiger partial charge is 0.474 e. The van der Waals surface area contributed by atoms with Crippen molar-refractivity contribution < 1.29 is 50.1 Å². The first kappa shape index (κ1) is 36.7. The van der Waals surface area contributed by atoms with Crippen molar-refractivity contribution in [3.63, 3.8) is 0 Å². The van der Waals surface area contributed by atoms with E-state index in [9.17, 15) is 31.5 Å². The number of benzene rings is 2. The number of amides is 1. The Labute approximate surface area is 270 Å². The highest BCUT2D eigenvalue weighted by atomic mass is 32.1.